The number of benzene rings is 1. The van der Waals surface area contributed by atoms with Gasteiger partial charge in [-0.25, -0.2) is 14.3 Å². The van der Waals surface area contributed by atoms with Gasteiger partial charge in [0.05, 0.1) is 12.3 Å². The minimum Gasteiger partial charge on any atom is -0.462 e. The number of thioether (sulfide) groups is 1. The summed E-state index contributed by atoms with van der Waals surface area (Å²) < 4.78 is 6.63. The summed E-state index contributed by atoms with van der Waals surface area (Å²) in [7, 11) is 0. The third kappa shape index (κ3) is 2.67. The Bertz CT molecular complexity index is 817. The number of fused-ring (bicyclic) bond motifs is 1. The Kier molecular flexibility index (Phi) is 4.06. The van der Waals surface area contributed by atoms with Crippen LogP contribution in [0.4, 0.5) is 0 Å². The van der Waals surface area contributed by atoms with Crippen molar-refractivity contribution in [2.24, 2.45) is 0 Å². The molecule has 6 nitrogen and oxygen atoms in total. The van der Waals surface area contributed by atoms with Gasteiger partial charge in [-0.1, -0.05) is 42.1 Å². The summed E-state index contributed by atoms with van der Waals surface area (Å²) in [6.45, 7) is 2.08. The maximum absolute atomic E-state index is 12.2. The molecule has 3 rings (SSSR count). The van der Waals surface area contributed by atoms with Crippen LogP contribution in [0, 0.1) is 0 Å². The highest BCUT2D eigenvalue weighted by Crippen LogP contribution is 2.23. The molecule has 112 valence electrons. The number of hydrogen-bond acceptors (Lipinski definition) is 6. The van der Waals surface area contributed by atoms with E-state index < -0.39 is 5.97 Å². The van der Waals surface area contributed by atoms with Crippen molar-refractivity contribution in [2.45, 2.75) is 12.1 Å². The maximum atomic E-state index is 12.2. The second kappa shape index (κ2) is 6.15. The Morgan fingerprint density at radius 1 is 1.27 bits per heavy atom. The largest absolute Gasteiger partial charge is 0.462 e. The molecule has 2 heterocycles. The van der Waals surface area contributed by atoms with Crippen LogP contribution in [-0.2, 0) is 4.74 Å². The molecular formula is C15H14N4O2S. The molecule has 0 aliphatic rings. The Balaban J connectivity index is 2.22. The Hall–Kier alpha value is -2.41. The topological polar surface area (TPSA) is 69.4 Å². The van der Waals surface area contributed by atoms with Crippen molar-refractivity contribution >= 4 is 23.5 Å². The lowest BCUT2D eigenvalue weighted by Gasteiger charge is -2.08. The summed E-state index contributed by atoms with van der Waals surface area (Å²) >= 11 is 1.42. The number of esters is 1. The molecule has 0 saturated carbocycles. The van der Waals surface area contributed by atoms with Gasteiger partial charge in [-0.2, -0.15) is 4.98 Å². The SMILES string of the molecule is CCOC(=O)c1cn2nc(SC)nc2nc1-c1ccccc1. The molecule has 0 unspecified atom stereocenters. The number of carbonyl (C=O) groups is 1. The number of ether oxygens (including phenoxy) is 1. The molecule has 0 atom stereocenters. The summed E-state index contributed by atoms with van der Waals surface area (Å²) in [6.07, 6.45) is 3.51. The first-order chi connectivity index (χ1) is 10.7. The van der Waals surface area contributed by atoms with Crippen LogP contribution in [0.5, 0.6) is 0 Å². The van der Waals surface area contributed by atoms with E-state index in [1.807, 2.05) is 36.6 Å². The molecular weight excluding hydrogens is 300 g/mol. The summed E-state index contributed by atoms with van der Waals surface area (Å²) in [5.74, 6) is 0.0354. The van der Waals surface area contributed by atoms with Crippen LogP contribution in [0.3, 0.4) is 0 Å². The van der Waals surface area contributed by atoms with E-state index in [1.54, 1.807) is 13.1 Å². The minimum atomic E-state index is -0.419. The van der Waals surface area contributed by atoms with Gasteiger partial charge >= 0.3 is 5.97 Å². The molecule has 0 fully saturated rings. The minimum absolute atomic E-state index is 0.304. The maximum Gasteiger partial charge on any atom is 0.341 e. The zero-order valence-corrected chi connectivity index (χ0v) is 13.0. The first-order valence-electron chi connectivity index (χ1n) is 6.77. The highest BCUT2D eigenvalue weighted by atomic mass is 32.2. The molecule has 0 bridgehead atoms. The number of nitrogens with zero attached hydrogens (tertiary/aromatic N) is 4. The Labute approximate surface area is 131 Å². The van der Waals surface area contributed by atoms with Crippen LogP contribution in [0.15, 0.2) is 41.7 Å². The quantitative estimate of drug-likeness (QED) is 0.545. The molecule has 1 aromatic carbocycles. The molecule has 3 aromatic rings. The molecule has 2 aromatic heterocycles. The van der Waals surface area contributed by atoms with E-state index in [-0.39, 0.29) is 0 Å². The molecule has 0 saturated heterocycles. The van der Waals surface area contributed by atoms with E-state index in [4.69, 9.17) is 4.74 Å². The molecule has 0 aliphatic heterocycles. The number of aromatic nitrogens is 4. The standard InChI is InChI=1S/C15H14N4O2S/c1-3-21-13(20)11-9-19-14(17-15(18-19)22-2)16-12(11)10-7-5-4-6-8-10/h4-9H,3H2,1-2H3. The van der Waals surface area contributed by atoms with Gasteiger partial charge in [-0.05, 0) is 13.2 Å². The van der Waals surface area contributed by atoms with Crippen LogP contribution >= 0.6 is 11.8 Å². The van der Waals surface area contributed by atoms with Crippen LogP contribution in [-0.4, -0.2) is 38.4 Å². The van der Waals surface area contributed by atoms with E-state index in [1.165, 1.54) is 16.3 Å². The van der Waals surface area contributed by atoms with Crippen molar-refractivity contribution in [3.8, 4) is 11.3 Å². The van der Waals surface area contributed by atoms with Gasteiger partial charge in [0.1, 0.15) is 5.56 Å². The van der Waals surface area contributed by atoms with Gasteiger partial charge in [0.15, 0.2) is 0 Å². The second-order valence-corrected chi connectivity index (χ2v) is 5.21. The summed E-state index contributed by atoms with van der Waals surface area (Å²) in [4.78, 5) is 21.0. The molecule has 0 radical (unpaired) electrons. The van der Waals surface area contributed by atoms with Crippen LogP contribution < -0.4 is 0 Å². The van der Waals surface area contributed by atoms with Crippen molar-refractivity contribution in [1.29, 1.82) is 0 Å². The number of hydrogen-bond donors (Lipinski definition) is 0. The first kappa shape index (κ1) is 14.5. The van der Waals surface area contributed by atoms with E-state index in [0.29, 0.717) is 28.8 Å². The van der Waals surface area contributed by atoms with Gasteiger partial charge in [0, 0.05) is 11.8 Å². The lowest BCUT2D eigenvalue weighted by atomic mass is 10.1. The van der Waals surface area contributed by atoms with Gasteiger partial charge in [-0.3, -0.25) is 0 Å². The zero-order chi connectivity index (χ0) is 15.5. The third-order valence-corrected chi connectivity index (χ3v) is 3.58. The van der Waals surface area contributed by atoms with Crippen LogP contribution in [0.2, 0.25) is 0 Å². The van der Waals surface area contributed by atoms with Crippen molar-refractivity contribution in [1.82, 2.24) is 19.6 Å². The van der Waals surface area contributed by atoms with Crippen LogP contribution in [0.25, 0.3) is 17.0 Å². The van der Waals surface area contributed by atoms with Crippen molar-refractivity contribution in [3.05, 3.63) is 42.1 Å². The normalized spacial score (nSPS) is 10.8. The Morgan fingerprint density at radius 3 is 2.73 bits per heavy atom. The van der Waals surface area contributed by atoms with Crippen molar-refractivity contribution in [2.75, 3.05) is 12.9 Å². The van der Waals surface area contributed by atoms with E-state index in [2.05, 4.69) is 15.1 Å². The average molecular weight is 314 g/mol. The van der Waals surface area contributed by atoms with Gasteiger partial charge in [0.2, 0.25) is 5.16 Å². The lowest BCUT2D eigenvalue weighted by molar-refractivity contribution is 0.0526. The van der Waals surface area contributed by atoms with E-state index in [9.17, 15) is 4.79 Å². The predicted molar refractivity (Wildman–Crippen MR) is 84.0 cm³/mol. The lowest BCUT2D eigenvalue weighted by Crippen LogP contribution is -2.10. The molecule has 0 amide bonds. The van der Waals surface area contributed by atoms with Crippen LogP contribution in [0.1, 0.15) is 17.3 Å². The second-order valence-electron chi connectivity index (χ2n) is 4.43. The molecule has 22 heavy (non-hydrogen) atoms. The van der Waals surface area contributed by atoms with E-state index >= 15 is 0 Å². The van der Waals surface area contributed by atoms with Gasteiger partial charge in [-0.15, -0.1) is 5.10 Å². The highest BCUT2D eigenvalue weighted by molar-refractivity contribution is 7.98. The first-order valence-corrected chi connectivity index (χ1v) is 7.99. The summed E-state index contributed by atoms with van der Waals surface area (Å²) in [6, 6.07) is 9.50. The average Bonchev–Trinajstić information content (AvgIpc) is 2.97. The fourth-order valence-corrected chi connectivity index (χ4v) is 2.41. The molecule has 0 N–H and O–H groups in total. The summed E-state index contributed by atoms with van der Waals surface area (Å²) in [5.41, 5.74) is 1.76. The highest BCUT2D eigenvalue weighted by Gasteiger charge is 2.18. The van der Waals surface area contributed by atoms with E-state index in [0.717, 1.165) is 5.56 Å². The smallest absolute Gasteiger partial charge is 0.341 e. The number of rotatable bonds is 4. The zero-order valence-electron chi connectivity index (χ0n) is 12.2. The number of carbonyl (C=O) groups excluding carboxylic acids is 1. The monoisotopic (exact) mass is 314 g/mol. The molecule has 0 aliphatic carbocycles. The Morgan fingerprint density at radius 2 is 2.05 bits per heavy atom. The predicted octanol–water partition coefficient (Wildman–Crippen LogP) is 2.69. The fraction of sp³-hybridized carbons (Fsp3) is 0.200. The summed E-state index contributed by atoms with van der Waals surface area (Å²) in [5, 5.41) is 4.87. The van der Waals surface area contributed by atoms with Crippen molar-refractivity contribution in [3.63, 3.8) is 0 Å². The van der Waals surface area contributed by atoms with Crippen molar-refractivity contribution < 1.29 is 9.53 Å². The van der Waals surface area contributed by atoms with Gasteiger partial charge < -0.3 is 4.74 Å². The molecule has 7 heteroatoms. The van der Waals surface area contributed by atoms with Gasteiger partial charge in [0.25, 0.3) is 5.78 Å². The molecule has 0 spiro atoms. The fourth-order valence-electron chi connectivity index (χ4n) is 2.06. The third-order valence-electron chi connectivity index (χ3n) is 3.04.